The minimum Gasteiger partial charge on any atom is -0.310 e. The molecule has 1 aromatic heterocycles. The number of hydrogen-bond acceptors (Lipinski definition) is 5. The van der Waals surface area contributed by atoms with Gasteiger partial charge in [0.25, 0.3) is 5.69 Å². The molecule has 1 heterocycles. The standard InChI is InChI=1S/C13H19N3O2S/c1-9-6-15-11(10(2)12(9)16(17)18)7-14-8-13(19-3)4-5-13/h6,14H,4-5,7-8H2,1-3H3. The Morgan fingerprint density at radius 2 is 2.21 bits per heavy atom. The van der Waals surface area contributed by atoms with Crippen LogP contribution in [0.2, 0.25) is 0 Å². The van der Waals surface area contributed by atoms with Crippen LogP contribution in [0.3, 0.4) is 0 Å². The number of thioether (sulfide) groups is 1. The molecule has 104 valence electrons. The lowest BCUT2D eigenvalue weighted by atomic mass is 10.1. The van der Waals surface area contributed by atoms with Gasteiger partial charge in [-0.3, -0.25) is 15.1 Å². The van der Waals surface area contributed by atoms with Gasteiger partial charge >= 0.3 is 0 Å². The largest absolute Gasteiger partial charge is 0.310 e. The van der Waals surface area contributed by atoms with E-state index in [2.05, 4.69) is 16.6 Å². The van der Waals surface area contributed by atoms with Gasteiger partial charge in [0.05, 0.1) is 10.6 Å². The van der Waals surface area contributed by atoms with Crippen LogP contribution < -0.4 is 5.32 Å². The fraction of sp³-hybridized carbons (Fsp3) is 0.615. The maximum absolute atomic E-state index is 11.0. The maximum Gasteiger partial charge on any atom is 0.278 e. The lowest BCUT2D eigenvalue weighted by Gasteiger charge is -2.13. The fourth-order valence-electron chi connectivity index (χ4n) is 2.23. The van der Waals surface area contributed by atoms with Crippen molar-refractivity contribution in [2.45, 2.75) is 38.0 Å². The predicted octanol–water partition coefficient (Wildman–Crippen LogP) is 2.59. The molecule has 0 aromatic carbocycles. The molecular weight excluding hydrogens is 262 g/mol. The van der Waals surface area contributed by atoms with Crippen LogP contribution in [0.4, 0.5) is 5.69 Å². The van der Waals surface area contributed by atoms with Crippen LogP contribution in [0, 0.1) is 24.0 Å². The number of pyridine rings is 1. The van der Waals surface area contributed by atoms with Crippen molar-refractivity contribution < 1.29 is 4.92 Å². The van der Waals surface area contributed by atoms with E-state index >= 15 is 0 Å². The summed E-state index contributed by atoms with van der Waals surface area (Å²) in [6.07, 6.45) is 6.22. The molecule has 0 spiro atoms. The molecule has 1 aliphatic rings. The second kappa shape index (κ2) is 5.46. The molecule has 0 unspecified atom stereocenters. The van der Waals surface area contributed by atoms with Crippen LogP contribution in [-0.2, 0) is 6.54 Å². The highest BCUT2D eigenvalue weighted by atomic mass is 32.2. The summed E-state index contributed by atoms with van der Waals surface area (Å²) in [5.74, 6) is 0. The molecule has 1 N–H and O–H groups in total. The summed E-state index contributed by atoms with van der Waals surface area (Å²) in [6, 6.07) is 0. The van der Waals surface area contributed by atoms with E-state index in [1.165, 1.54) is 12.8 Å². The average Bonchev–Trinajstić information content (AvgIpc) is 3.12. The van der Waals surface area contributed by atoms with Crippen molar-refractivity contribution in [3.63, 3.8) is 0 Å². The van der Waals surface area contributed by atoms with Crippen LogP contribution in [0.5, 0.6) is 0 Å². The van der Waals surface area contributed by atoms with Gasteiger partial charge in [0.2, 0.25) is 0 Å². The third-order valence-corrected chi connectivity index (χ3v) is 5.16. The van der Waals surface area contributed by atoms with Crippen LogP contribution in [0.25, 0.3) is 0 Å². The van der Waals surface area contributed by atoms with E-state index in [4.69, 9.17) is 0 Å². The maximum atomic E-state index is 11.0. The van der Waals surface area contributed by atoms with Gasteiger partial charge in [-0.2, -0.15) is 11.8 Å². The van der Waals surface area contributed by atoms with Gasteiger partial charge < -0.3 is 5.32 Å². The van der Waals surface area contributed by atoms with Crippen molar-refractivity contribution in [3.8, 4) is 0 Å². The van der Waals surface area contributed by atoms with Gasteiger partial charge in [-0.25, -0.2) is 0 Å². The molecular formula is C13H19N3O2S. The van der Waals surface area contributed by atoms with E-state index < -0.39 is 0 Å². The van der Waals surface area contributed by atoms with Gasteiger partial charge in [0.15, 0.2) is 0 Å². The molecule has 0 atom stereocenters. The van der Waals surface area contributed by atoms with E-state index in [0.717, 1.165) is 12.2 Å². The highest BCUT2D eigenvalue weighted by Crippen LogP contribution is 2.46. The Hall–Kier alpha value is -1.14. The van der Waals surface area contributed by atoms with Crippen molar-refractivity contribution in [2.24, 2.45) is 0 Å². The smallest absolute Gasteiger partial charge is 0.278 e. The lowest BCUT2D eigenvalue weighted by molar-refractivity contribution is -0.386. The SMILES string of the molecule is CSC1(CNCc2ncc(C)c([N+](=O)[O-])c2C)CC1. The van der Waals surface area contributed by atoms with Crippen molar-refractivity contribution in [1.82, 2.24) is 10.3 Å². The number of rotatable bonds is 6. The van der Waals surface area contributed by atoms with Gasteiger partial charge in [-0.15, -0.1) is 0 Å². The van der Waals surface area contributed by atoms with Crippen LogP contribution in [0.1, 0.15) is 29.7 Å². The minimum absolute atomic E-state index is 0.192. The first-order valence-electron chi connectivity index (χ1n) is 6.34. The highest BCUT2D eigenvalue weighted by Gasteiger charge is 2.41. The quantitative estimate of drug-likeness (QED) is 0.641. The second-order valence-electron chi connectivity index (χ2n) is 5.11. The number of aryl methyl sites for hydroxylation is 1. The predicted molar refractivity (Wildman–Crippen MR) is 77.6 cm³/mol. The first kappa shape index (κ1) is 14.3. The Labute approximate surface area is 117 Å². The van der Waals surface area contributed by atoms with E-state index in [9.17, 15) is 10.1 Å². The summed E-state index contributed by atoms with van der Waals surface area (Å²) < 4.78 is 0.393. The molecule has 5 nitrogen and oxygen atoms in total. The Bertz CT molecular complexity index is 501. The number of nitrogens with one attached hydrogen (secondary N) is 1. The van der Waals surface area contributed by atoms with Crippen molar-refractivity contribution in [2.75, 3.05) is 12.8 Å². The van der Waals surface area contributed by atoms with Gasteiger partial charge in [0.1, 0.15) is 0 Å². The summed E-state index contributed by atoms with van der Waals surface area (Å²) in [5, 5.41) is 14.4. The number of aromatic nitrogens is 1. The zero-order valence-electron chi connectivity index (χ0n) is 11.5. The third kappa shape index (κ3) is 3.06. The number of hydrogen-bond donors (Lipinski definition) is 1. The zero-order valence-corrected chi connectivity index (χ0v) is 12.3. The molecule has 6 heteroatoms. The Balaban J connectivity index is 2.04. The second-order valence-corrected chi connectivity index (χ2v) is 6.38. The Morgan fingerprint density at radius 1 is 1.53 bits per heavy atom. The minimum atomic E-state index is -0.319. The van der Waals surface area contributed by atoms with E-state index in [1.54, 1.807) is 20.0 Å². The topological polar surface area (TPSA) is 68.1 Å². The van der Waals surface area contributed by atoms with E-state index in [1.807, 2.05) is 11.8 Å². The molecule has 0 bridgehead atoms. The van der Waals surface area contributed by atoms with E-state index in [0.29, 0.717) is 22.4 Å². The monoisotopic (exact) mass is 281 g/mol. The number of nitro groups is 1. The molecule has 2 rings (SSSR count). The van der Waals surface area contributed by atoms with Crippen LogP contribution >= 0.6 is 11.8 Å². The molecule has 0 amide bonds. The first-order chi connectivity index (χ1) is 8.99. The molecule has 0 aliphatic heterocycles. The molecule has 0 saturated heterocycles. The highest BCUT2D eigenvalue weighted by molar-refractivity contribution is 8.00. The van der Waals surface area contributed by atoms with Gasteiger partial charge in [0, 0.05) is 35.2 Å². The summed E-state index contributed by atoms with van der Waals surface area (Å²) >= 11 is 1.90. The Kier molecular flexibility index (Phi) is 4.10. The van der Waals surface area contributed by atoms with Crippen LogP contribution in [0.15, 0.2) is 6.20 Å². The molecule has 1 fully saturated rings. The lowest BCUT2D eigenvalue weighted by Crippen LogP contribution is -2.26. The molecule has 19 heavy (non-hydrogen) atoms. The zero-order chi connectivity index (χ0) is 14.0. The summed E-state index contributed by atoms with van der Waals surface area (Å²) in [4.78, 5) is 15.0. The van der Waals surface area contributed by atoms with Gasteiger partial charge in [-0.1, -0.05) is 0 Å². The van der Waals surface area contributed by atoms with Crippen LogP contribution in [-0.4, -0.2) is 27.5 Å². The average molecular weight is 281 g/mol. The van der Waals surface area contributed by atoms with Crippen molar-refractivity contribution in [1.29, 1.82) is 0 Å². The van der Waals surface area contributed by atoms with E-state index in [-0.39, 0.29) is 10.6 Å². The number of nitrogens with zero attached hydrogens (tertiary/aromatic N) is 2. The van der Waals surface area contributed by atoms with Crippen molar-refractivity contribution in [3.05, 3.63) is 33.1 Å². The Morgan fingerprint density at radius 3 is 2.74 bits per heavy atom. The van der Waals surface area contributed by atoms with Crippen molar-refractivity contribution >= 4 is 17.4 Å². The summed E-state index contributed by atoms with van der Waals surface area (Å²) in [7, 11) is 0. The molecule has 0 radical (unpaired) electrons. The van der Waals surface area contributed by atoms with Gasteiger partial charge in [-0.05, 0) is 32.9 Å². The summed E-state index contributed by atoms with van der Waals surface area (Å²) in [6.45, 7) is 5.03. The molecule has 1 aromatic rings. The first-order valence-corrected chi connectivity index (χ1v) is 7.57. The fourth-order valence-corrected chi connectivity index (χ4v) is 2.98. The third-order valence-electron chi connectivity index (χ3n) is 3.74. The normalized spacial score (nSPS) is 16.4. The molecule has 1 aliphatic carbocycles. The summed E-state index contributed by atoms with van der Waals surface area (Å²) in [5.41, 5.74) is 2.26. The molecule has 1 saturated carbocycles.